The van der Waals surface area contributed by atoms with E-state index in [1.165, 1.54) is 12.5 Å². The number of benzene rings is 1. The Balaban J connectivity index is 0.000000170. The van der Waals surface area contributed by atoms with Crippen molar-refractivity contribution < 1.29 is 17.9 Å². The SMILES string of the molecule is CC(NC=O)S(N)(=O)=O.c1ccc2c(c1)CO2. The number of sulfonamides is 1. The molecule has 1 aromatic rings. The maximum Gasteiger partial charge on any atom is 0.229 e. The molecule has 0 spiro atoms. The monoisotopic (exact) mass is 258 g/mol. The van der Waals surface area contributed by atoms with Gasteiger partial charge in [0.2, 0.25) is 16.4 Å². The molecule has 0 saturated heterocycles. The van der Waals surface area contributed by atoms with Crippen molar-refractivity contribution in [3.63, 3.8) is 0 Å². The summed E-state index contributed by atoms with van der Waals surface area (Å²) in [7, 11) is -3.61. The van der Waals surface area contributed by atoms with Gasteiger partial charge in [0.1, 0.15) is 17.7 Å². The predicted molar refractivity (Wildman–Crippen MR) is 62.5 cm³/mol. The van der Waals surface area contributed by atoms with Gasteiger partial charge in [-0.3, -0.25) is 4.79 Å². The fraction of sp³-hybridized carbons (Fsp3) is 0.300. The Bertz CT molecular complexity index is 464. The highest BCUT2D eigenvalue weighted by molar-refractivity contribution is 7.89. The van der Waals surface area contributed by atoms with Crippen LogP contribution < -0.4 is 15.2 Å². The molecule has 1 unspecified atom stereocenters. The zero-order chi connectivity index (χ0) is 12.9. The Hall–Kier alpha value is -1.60. The fourth-order valence-electron chi connectivity index (χ4n) is 1.03. The van der Waals surface area contributed by atoms with E-state index in [9.17, 15) is 13.2 Å². The first kappa shape index (κ1) is 13.5. The van der Waals surface area contributed by atoms with Crippen LogP contribution in [0.1, 0.15) is 12.5 Å². The third-order valence-electron chi connectivity index (χ3n) is 2.15. The van der Waals surface area contributed by atoms with Gasteiger partial charge in [-0.25, -0.2) is 13.6 Å². The number of carbonyl (C=O) groups excluding carboxylic acids is 1. The lowest BCUT2D eigenvalue weighted by Crippen LogP contribution is -2.37. The number of para-hydroxylation sites is 1. The molecule has 1 heterocycles. The van der Waals surface area contributed by atoms with Crippen molar-refractivity contribution in [3.8, 4) is 5.75 Å². The standard InChI is InChI=1S/C7H6O.C3H8N2O3S/c1-2-4-7-6(3-1)5-8-7;1-3(5-2-6)9(4,7)8/h1-4H,5H2;2-3H,1H3,(H,5,6)(H2,4,7,8). The lowest BCUT2D eigenvalue weighted by atomic mass is 10.1. The van der Waals surface area contributed by atoms with E-state index in [1.54, 1.807) is 0 Å². The number of nitrogens with two attached hydrogens (primary N) is 1. The van der Waals surface area contributed by atoms with Crippen LogP contribution in [0.2, 0.25) is 0 Å². The number of hydrogen-bond acceptors (Lipinski definition) is 4. The van der Waals surface area contributed by atoms with Crippen LogP contribution in [0, 0.1) is 0 Å². The van der Waals surface area contributed by atoms with Crippen LogP contribution >= 0.6 is 0 Å². The minimum Gasteiger partial charge on any atom is -0.488 e. The van der Waals surface area contributed by atoms with Gasteiger partial charge in [0.15, 0.2) is 0 Å². The Kier molecular flexibility index (Phi) is 4.47. The van der Waals surface area contributed by atoms with Crippen molar-refractivity contribution in [3.05, 3.63) is 29.8 Å². The molecule has 17 heavy (non-hydrogen) atoms. The first-order valence-corrected chi connectivity index (χ1v) is 6.48. The molecule has 0 bridgehead atoms. The van der Waals surface area contributed by atoms with Crippen LogP contribution in [0.25, 0.3) is 0 Å². The molecular weight excluding hydrogens is 244 g/mol. The average Bonchev–Trinajstić information content (AvgIpc) is 2.20. The Morgan fingerprint density at radius 2 is 2.12 bits per heavy atom. The predicted octanol–water partition coefficient (Wildman–Crippen LogP) is -0.0541. The number of amides is 1. The number of ether oxygens (including phenoxy) is 1. The van der Waals surface area contributed by atoms with Gasteiger partial charge < -0.3 is 10.1 Å². The van der Waals surface area contributed by atoms with E-state index in [2.05, 4.69) is 11.2 Å². The van der Waals surface area contributed by atoms with Crippen LogP contribution in [0.4, 0.5) is 0 Å². The molecule has 0 fully saturated rings. The van der Waals surface area contributed by atoms with Crippen LogP contribution in [0.5, 0.6) is 5.75 Å². The summed E-state index contributed by atoms with van der Waals surface area (Å²) in [6.07, 6.45) is 0.287. The number of nitrogens with one attached hydrogen (secondary N) is 1. The number of carbonyl (C=O) groups is 1. The molecule has 0 saturated carbocycles. The van der Waals surface area contributed by atoms with Gasteiger partial charge in [-0.15, -0.1) is 0 Å². The molecule has 1 aliphatic rings. The second-order valence-electron chi connectivity index (χ2n) is 3.41. The van der Waals surface area contributed by atoms with E-state index in [1.807, 2.05) is 23.5 Å². The van der Waals surface area contributed by atoms with Gasteiger partial charge in [0.25, 0.3) is 0 Å². The highest BCUT2D eigenvalue weighted by Gasteiger charge is 2.12. The van der Waals surface area contributed by atoms with Crippen molar-refractivity contribution in [1.29, 1.82) is 0 Å². The lowest BCUT2D eigenvalue weighted by molar-refractivity contribution is -0.109. The lowest BCUT2D eigenvalue weighted by Gasteiger charge is -2.18. The summed E-state index contributed by atoms with van der Waals surface area (Å²) >= 11 is 0. The second kappa shape index (κ2) is 5.65. The van der Waals surface area contributed by atoms with Gasteiger partial charge in [0.05, 0.1) is 0 Å². The van der Waals surface area contributed by atoms with Crippen molar-refractivity contribution in [2.75, 3.05) is 0 Å². The summed E-state index contributed by atoms with van der Waals surface area (Å²) < 4.78 is 25.6. The Morgan fingerprint density at radius 3 is 2.35 bits per heavy atom. The van der Waals surface area contributed by atoms with Crippen molar-refractivity contribution in [2.24, 2.45) is 5.14 Å². The molecule has 0 aliphatic carbocycles. The number of rotatable bonds is 3. The number of primary sulfonamides is 1. The van der Waals surface area contributed by atoms with Crippen LogP contribution in [-0.4, -0.2) is 20.2 Å². The summed E-state index contributed by atoms with van der Waals surface area (Å²) in [5, 5.41) is 5.60. The summed E-state index contributed by atoms with van der Waals surface area (Å²) in [6.45, 7) is 2.08. The zero-order valence-electron chi connectivity index (χ0n) is 9.29. The van der Waals surface area contributed by atoms with E-state index in [0.29, 0.717) is 0 Å². The molecule has 7 heteroatoms. The van der Waals surface area contributed by atoms with Gasteiger partial charge in [0, 0.05) is 5.56 Å². The highest BCUT2D eigenvalue weighted by atomic mass is 32.2. The van der Waals surface area contributed by atoms with Crippen LogP contribution in [0.3, 0.4) is 0 Å². The summed E-state index contributed by atoms with van der Waals surface area (Å²) in [5.74, 6) is 1.05. The molecule has 1 atom stereocenters. The maximum atomic E-state index is 10.3. The highest BCUT2D eigenvalue weighted by Crippen LogP contribution is 2.27. The summed E-state index contributed by atoms with van der Waals surface area (Å²) in [5.41, 5.74) is 1.33. The first-order valence-electron chi connectivity index (χ1n) is 4.87. The molecule has 0 aromatic heterocycles. The smallest absolute Gasteiger partial charge is 0.229 e. The van der Waals surface area contributed by atoms with E-state index in [4.69, 9.17) is 4.74 Å². The summed E-state index contributed by atoms with van der Waals surface area (Å²) in [6, 6.07) is 8.08. The normalized spacial score (nSPS) is 14.0. The minimum atomic E-state index is -3.61. The van der Waals surface area contributed by atoms with Gasteiger partial charge in [-0.2, -0.15) is 0 Å². The molecule has 1 aromatic carbocycles. The van der Waals surface area contributed by atoms with E-state index >= 15 is 0 Å². The molecule has 94 valence electrons. The molecule has 1 amide bonds. The van der Waals surface area contributed by atoms with Gasteiger partial charge >= 0.3 is 0 Å². The first-order chi connectivity index (χ1) is 7.95. The Morgan fingerprint density at radius 1 is 1.47 bits per heavy atom. The van der Waals surface area contributed by atoms with Crippen LogP contribution in [-0.2, 0) is 21.4 Å². The molecule has 3 N–H and O–H groups in total. The van der Waals surface area contributed by atoms with Crippen molar-refractivity contribution >= 4 is 16.4 Å². The minimum absolute atomic E-state index is 0.287. The van der Waals surface area contributed by atoms with Crippen molar-refractivity contribution in [1.82, 2.24) is 5.32 Å². The number of fused-ring (bicyclic) bond motifs is 1. The zero-order valence-corrected chi connectivity index (χ0v) is 10.1. The Labute approximate surface area is 99.8 Å². The number of hydrogen-bond donors (Lipinski definition) is 2. The third kappa shape index (κ3) is 4.04. The van der Waals surface area contributed by atoms with E-state index in [0.717, 1.165) is 12.4 Å². The molecule has 1 aliphatic heterocycles. The van der Waals surface area contributed by atoms with E-state index < -0.39 is 15.4 Å². The fourth-order valence-corrected chi connectivity index (χ4v) is 1.27. The average molecular weight is 258 g/mol. The van der Waals surface area contributed by atoms with Crippen molar-refractivity contribution in [2.45, 2.75) is 18.9 Å². The molecule has 0 radical (unpaired) electrons. The third-order valence-corrected chi connectivity index (χ3v) is 3.27. The topological polar surface area (TPSA) is 98.5 Å². The van der Waals surface area contributed by atoms with E-state index in [-0.39, 0.29) is 6.41 Å². The largest absolute Gasteiger partial charge is 0.488 e. The van der Waals surface area contributed by atoms with Gasteiger partial charge in [-0.1, -0.05) is 18.2 Å². The second-order valence-corrected chi connectivity index (χ2v) is 5.30. The van der Waals surface area contributed by atoms with Gasteiger partial charge in [-0.05, 0) is 13.0 Å². The summed E-state index contributed by atoms with van der Waals surface area (Å²) in [4.78, 5) is 9.63. The van der Waals surface area contributed by atoms with Crippen LogP contribution in [0.15, 0.2) is 24.3 Å². The molecule has 2 rings (SSSR count). The molecular formula is C10H14N2O4S. The molecule has 6 nitrogen and oxygen atoms in total. The maximum absolute atomic E-state index is 10.3. The quantitative estimate of drug-likeness (QED) is 0.742.